The summed E-state index contributed by atoms with van der Waals surface area (Å²) in [5.74, 6) is 0.867. The van der Waals surface area contributed by atoms with Crippen molar-refractivity contribution in [2.24, 2.45) is 0 Å². The molecule has 1 aromatic carbocycles. The van der Waals surface area contributed by atoms with E-state index >= 15 is 0 Å². The summed E-state index contributed by atoms with van der Waals surface area (Å²) in [7, 11) is 3.60. The number of methoxy groups -OCH3 is 1. The Hall–Kier alpha value is -0.770. The van der Waals surface area contributed by atoms with Gasteiger partial charge in [-0.05, 0) is 44.2 Å². The molecule has 0 aliphatic rings. The molecule has 1 aromatic rings. The summed E-state index contributed by atoms with van der Waals surface area (Å²) in [6.07, 6.45) is 0.834. The van der Waals surface area contributed by atoms with Gasteiger partial charge in [0.05, 0.1) is 13.7 Å². The number of ether oxygens (including phenoxy) is 2. The van der Waals surface area contributed by atoms with Gasteiger partial charge in [-0.1, -0.05) is 11.6 Å². The average molecular weight is 258 g/mol. The molecule has 0 bridgehead atoms. The second-order valence-electron chi connectivity index (χ2n) is 3.81. The van der Waals surface area contributed by atoms with Crippen molar-refractivity contribution in [2.45, 2.75) is 19.4 Å². The molecule has 0 saturated carbocycles. The minimum Gasteiger partial charge on any atom is -0.496 e. The molecule has 3 nitrogen and oxygen atoms in total. The second kappa shape index (κ2) is 7.54. The Morgan fingerprint density at radius 1 is 1.41 bits per heavy atom. The summed E-state index contributed by atoms with van der Waals surface area (Å²) in [4.78, 5) is 0. The van der Waals surface area contributed by atoms with Gasteiger partial charge < -0.3 is 14.8 Å². The number of hydrogen-bond donors (Lipinski definition) is 1. The van der Waals surface area contributed by atoms with E-state index < -0.39 is 0 Å². The monoisotopic (exact) mass is 257 g/mol. The van der Waals surface area contributed by atoms with Crippen molar-refractivity contribution in [3.63, 3.8) is 0 Å². The number of hydrogen-bond acceptors (Lipinski definition) is 3. The largest absolute Gasteiger partial charge is 0.496 e. The van der Waals surface area contributed by atoms with Gasteiger partial charge in [0.2, 0.25) is 0 Å². The third-order valence-corrected chi connectivity index (χ3v) is 2.88. The van der Waals surface area contributed by atoms with Gasteiger partial charge in [0.25, 0.3) is 0 Å². The molecule has 0 radical (unpaired) electrons. The van der Waals surface area contributed by atoms with E-state index in [0.717, 1.165) is 29.4 Å². The summed E-state index contributed by atoms with van der Waals surface area (Å²) in [5, 5.41) is 3.96. The number of halogens is 1. The van der Waals surface area contributed by atoms with Crippen molar-refractivity contribution in [3.8, 4) is 5.75 Å². The number of benzene rings is 1. The van der Waals surface area contributed by atoms with E-state index in [1.807, 2.05) is 32.2 Å². The number of rotatable bonds is 7. The topological polar surface area (TPSA) is 30.5 Å². The molecular formula is C13H20ClNO2. The van der Waals surface area contributed by atoms with Gasteiger partial charge in [-0.2, -0.15) is 0 Å². The van der Waals surface area contributed by atoms with Crippen LogP contribution in [-0.2, 0) is 11.2 Å². The molecule has 1 unspecified atom stereocenters. The predicted octanol–water partition coefficient (Wildman–Crippen LogP) is 2.52. The lowest BCUT2D eigenvalue weighted by molar-refractivity contribution is 0.125. The van der Waals surface area contributed by atoms with Crippen LogP contribution in [0.1, 0.15) is 12.5 Å². The van der Waals surface area contributed by atoms with Crippen LogP contribution in [-0.4, -0.2) is 33.4 Å². The third-order valence-electron chi connectivity index (χ3n) is 2.64. The molecule has 0 aliphatic heterocycles. The van der Waals surface area contributed by atoms with Crippen LogP contribution in [0.3, 0.4) is 0 Å². The highest BCUT2D eigenvalue weighted by Crippen LogP contribution is 2.23. The zero-order valence-electron chi connectivity index (χ0n) is 10.6. The molecule has 0 amide bonds. The van der Waals surface area contributed by atoms with Crippen LogP contribution < -0.4 is 10.1 Å². The molecule has 0 saturated heterocycles. The first-order valence-electron chi connectivity index (χ1n) is 5.78. The Kier molecular flexibility index (Phi) is 6.34. The maximum absolute atomic E-state index is 6.00. The molecule has 0 aromatic heterocycles. The van der Waals surface area contributed by atoms with E-state index in [-0.39, 0.29) is 6.04 Å². The lowest BCUT2D eigenvalue weighted by atomic mass is 10.1. The summed E-state index contributed by atoms with van der Waals surface area (Å²) in [6.45, 7) is 3.40. The van der Waals surface area contributed by atoms with Crippen molar-refractivity contribution in [3.05, 3.63) is 28.8 Å². The normalized spacial score (nSPS) is 12.5. The molecule has 1 atom stereocenters. The highest BCUT2D eigenvalue weighted by atomic mass is 35.5. The smallest absolute Gasteiger partial charge is 0.122 e. The number of nitrogens with one attached hydrogen (secondary N) is 1. The zero-order chi connectivity index (χ0) is 12.7. The SMILES string of the molecule is CCOCC(Cc1cc(Cl)ccc1OC)NC. The zero-order valence-corrected chi connectivity index (χ0v) is 11.4. The minimum absolute atomic E-state index is 0.266. The maximum atomic E-state index is 6.00. The van der Waals surface area contributed by atoms with E-state index in [0.29, 0.717) is 6.61 Å². The molecule has 17 heavy (non-hydrogen) atoms. The standard InChI is InChI=1S/C13H20ClNO2/c1-4-17-9-12(15-2)8-10-7-11(14)5-6-13(10)16-3/h5-7,12,15H,4,8-9H2,1-3H3. The van der Waals surface area contributed by atoms with Crippen LogP contribution in [0.2, 0.25) is 5.02 Å². The molecule has 4 heteroatoms. The fraction of sp³-hybridized carbons (Fsp3) is 0.538. The van der Waals surface area contributed by atoms with E-state index in [9.17, 15) is 0 Å². The first kappa shape index (κ1) is 14.3. The third kappa shape index (κ3) is 4.54. The minimum atomic E-state index is 0.266. The van der Waals surface area contributed by atoms with Gasteiger partial charge in [-0.25, -0.2) is 0 Å². The first-order chi connectivity index (χ1) is 8.21. The molecule has 0 aliphatic carbocycles. The molecule has 1 rings (SSSR count). The molecule has 96 valence electrons. The number of likely N-dealkylation sites (N-methyl/N-ethyl adjacent to an activating group) is 1. The summed E-state index contributed by atoms with van der Waals surface area (Å²) in [5.41, 5.74) is 1.10. The van der Waals surface area contributed by atoms with Gasteiger partial charge in [0.1, 0.15) is 5.75 Å². The summed E-state index contributed by atoms with van der Waals surface area (Å²) < 4.78 is 10.7. The fourth-order valence-electron chi connectivity index (χ4n) is 1.68. The van der Waals surface area contributed by atoms with Crippen LogP contribution in [0.25, 0.3) is 0 Å². The van der Waals surface area contributed by atoms with Crippen LogP contribution in [0, 0.1) is 0 Å². The van der Waals surface area contributed by atoms with Gasteiger partial charge >= 0.3 is 0 Å². The summed E-state index contributed by atoms with van der Waals surface area (Å²) >= 11 is 6.00. The highest BCUT2D eigenvalue weighted by molar-refractivity contribution is 6.30. The fourth-order valence-corrected chi connectivity index (χ4v) is 1.87. The Balaban J connectivity index is 2.73. The Labute approximate surface area is 108 Å². The van der Waals surface area contributed by atoms with Crippen molar-refractivity contribution in [2.75, 3.05) is 27.4 Å². The highest BCUT2D eigenvalue weighted by Gasteiger charge is 2.11. The van der Waals surface area contributed by atoms with Gasteiger partial charge in [-0.15, -0.1) is 0 Å². The quantitative estimate of drug-likeness (QED) is 0.814. The van der Waals surface area contributed by atoms with E-state index in [4.69, 9.17) is 21.1 Å². The molecule has 1 N–H and O–H groups in total. The van der Waals surface area contributed by atoms with E-state index in [1.54, 1.807) is 7.11 Å². The first-order valence-corrected chi connectivity index (χ1v) is 6.16. The molecular weight excluding hydrogens is 238 g/mol. The van der Waals surface area contributed by atoms with Gasteiger partial charge in [-0.3, -0.25) is 0 Å². The van der Waals surface area contributed by atoms with Crippen LogP contribution in [0.5, 0.6) is 5.75 Å². The van der Waals surface area contributed by atoms with Gasteiger partial charge in [0.15, 0.2) is 0 Å². The van der Waals surface area contributed by atoms with Crippen LogP contribution in [0.15, 0.2) is 18.2 Å². The predicted molar refractivity (Wildman–Crippen MR) is 71.0 cm³/mol. The lowest BCUT2D eigenvalue weighted by Gasteiger charge is -2.17. The lowest BCUT2D eigenvalue weighted by Crippen LogP contribution is -2.32. The molecule has 0 heterocycles. The second-order valence-corrected chi connectivity index (χ2v) is 4.24. The van der Waals surface area contributed by atoms with Crippen LogP contribution in [0.4, 0.5) is 0 Å². The van der Waals surface area contributed by atoms with Crippen molar-refractivity contribution in [1.82, 2.24) is 5.32 Å². The average Bonchev–Trinajstić information content (AvgIpc) is 2.34. The summed E-state index contributed by atoms with van der Waals surface area (Å²) in [6, 6.07) is 5.94. The van der Waals surface area contributed by atoms with Crippen LogP contribution >= 0.6 is 11.6 Å². The Bertz CT molecular complexity index is 344. The van der Waals surface area contributed by atoms with Crippen molar-refractivity contribution >= 4 is 11.6 Å². The van der Waals surface area contributed by atoms with Gasteiger partial charge in [0, 0.05) is 17.7 Å². The molecule has 0 spiro atoms. The van der Waals surface area contributed by atoms with E-state index in [1.165, 1.54) is 0 Å². The Morgan fingerprint density at radius 2 is 2.18 bits per heavy atom. The molecule has 0 fully saturated rings. The van der Waals surface area contributed by atoms with E-state index in [2.05, 4.69) is 5.32 Å². The van der Waals surface area contributed by atoms with Crippen molar-refractivity contribution < 1.29 is 9.47 Å². The maximum Gasteiger partial charge on any atom is 0.122 e. The Morgan fingerprint density at radius 3 is 2.76 bits per heavy atom. The van der Waals surface area contributed by atoms with Crippen molar-refractivity contribution in [1.29, 1.82) is 0 Å².